The summed E-state index contributed by atoms with van der Waals surface area (Å²) in [5, 5.41) is 0. The van der Waals surface area contributed by atoms with E-state index in [2.05, 4.69) is 6.92 Å². The summed E-state index contributed by atoms with van der Waals surface area (Å²) in [5.41, 5.74) is 8.72. The Morgan fingerprint density at radius 3 is 2.57 bits per heavy atom. The molecule has 1 fully saturated rings. The van der Waals surface area contributed by atoms with Crippen molar-refractivity contribution >= 4 is 0 Å². The molecule has 0 spiro atoms. The van der Waals surface area contributed by atoms with Crippen molar-refractivity contribution in [1.29, 1.82) is 0 Å². The van der Waals surface area contributed by atoms with E-state index in [0.717, 1.165) is 24.4 Å². The van der Waals surface area contributed by atoms with E-state index in [9.17, 15) is 4.39 Å². The van der Waals surface area contributed by atoms with Gasteiger partial charge in [-0.3, -0.25) is 0 Å². The molecular formula is C19H30FN. The van der Waals surface area contributed by atoms with Crippen molar-refractivity contribution < 1.29 is 4.39 Å². The van der Waals surface area contributed by atoms with E-state index < -0.39 is 0 Å². The Kier molecular flexibility index (Phi) is 5.80. The standard InChI is InChI=1S/C19H30FN/c1-3-4-5-16-8-10-19(14-21,11-9-16)13-17-6-7-18(20)12-15(17)2/h6-7,12,16H,3-5,8-11,13-14,21H2,1-2H3. The third kappa shape index (κ3) is 4.29. The van der Waals surface area contributed by atoms with E-state index in [1.807, 2.05) is 13.0 Å². The molecule has 0 heterocycles. The molecule has 0 aliphatic heterocycles. The fraction of sp³-hybridized carbons (Fsp3) is 0.684. The average molecular weight is 291 g/mol. The Morgan fingerprint density at radius 1 is 1.29 bits per heavy atom. The summed E-state index contributed by atoms with van der Waals surface area (Å²) in [6.45, 7) is 5.03. The molecular weight excluding hydrogens is 261 g/mol. The van der Waals surface area contributed by atoms with Crippen LogP contribution in [0.5, 0.6) is 0 Å². The van der Waals surface area contributed by atoms with E-state index in [4.69, 9.17) is 5.73 Å². The van der Waals surface area contributed by atoms with E-state index in [1.54, 1.807) is 12.1 Å². The zero-order chi connectivity index (χ0) is 15.3. The predicted octanol–water partition coefficient (Wildman–Crippen LogP) is 5.00. The Labute approximate surface area is 129 Å². The third-order valence-electron chi connectivity index (χ3n) is 5.43. The summed E-state index contributed by atoms with van der Waals surface area (Å²) in [6.07, 6.45) is 10.1. The Balaban J connectivity index is 1.99. The van der Waals surface area contributed by atoms with Crippen LogP contribution >= 0.6 is 0 Å². The lowest BCUT2D eigenvalue weighted by Gasteiger charge is -2.40. The predicted molar refractivity (Wildman–Crippen MR) is 87.8 cm³/mol. The van der Waals surface area contributed by atoms with Gasteiger partial charge in [0, 0.05) is 0 Å². The molecule has 1 aliphatic rings. The summed E-state index contributed by atoms with van der Waals surface area (Å²) in [4.78, 5) is 0. The first-order valence-corrected chi connectivity index (χ1v) is 8.53. The lowest BCUT2D eigenvalue weighted by molar-refractivity contribution is 0.149. The van der Waals surface area contributed by atoms with Gasteiger partial charge < -0.3 is 5.73 Å². The number of rotatable bonds is 6. The summed E-state index contributed by atoms with van der Waals surface area (Å²) in [7, 11) is 0. The molecule has 1 aliphatic carbocycles. The van der Waals surface area contributed by atoms with Gasteiger partial charge >= 0.3 is 0 Å². The summed E-state index contributed by atoms with van der Waals surface area (Å²) in [5.74, 6) is 0.764. The fourth-order valence-electron chi connectivity index (χ4n) is 3.79. The van der Waals surface area contributed by atoms with Gasteiger partial charge in [-0.25, -0.2) is 4.39 Å². The number of benzene rings is 1. The van der Waals surface area contributed by atoms with Crippen LogP contribution in [0, 0.1) is 24.1 Å². The van der Waals surface area contributed by atoms with Crippen molar-refractivity contribution in [2.45, 2.75) is 65.2 Å². The topological polar surface area (TPSA) is 26.0 Å². The van der Waals surface area contributed by atoms with Crippen LogP contribution in [0.2, 0.25) is 0 Å². The Morgan fingerprint density at radius 2 is 2.00 bits per heavy atom. The SMILES string of the molecule is CCCCC1CCC(CN)(Cc2ccc(F)cc2C)CC1. The average Bonchev–Trinajstić information content (AvgIpc) is 2.49. The summed E-state index contributed by atoms with van der Waals surface area (Å²) >= 11 is 0. The van der Waals surface area contributed by atoms with Crippen molar-refractivity contribution in [1.82, 2.24) is 0 Å². The molecule has 1 saturated carbocycles. The van der Waals surface area contributed by atoms with Gasteiger partial charge in [-0.05, 0) is 80.2 Å². The van der Waals surface area contributed by atoms with Crippen molar-refractivity contribution in [2.75, 3.05) is 6.54 Å². The molecule has 1 nitrogen and oxygen atoms in total. The number of aryl methyl sites for hydroxylation is 1. The highest BCUT2D eigenvalue weighted by Gasteiger charge is 2.34. The summed E-state index contributed by atoms with van der Waals surface area (Å²) in [6, 6.07) is 5.18. The van der Waals surface area contributed by atoms with Gasteiger partial charge in [0.25, 0.3) is 0 Å². The molecule has 0 radical (unpaired) electrons. The lowest BCUT2D eigenvalue weighted by atomic mass is 9.66. The molecule has 21 heavy (non-hydrogen) atoms. The van der Waals surface area contributed by atoms with Crippen LogP contribution in [0.3, 0.4) is 0 Å². The van der Waals surface area contributed by atoms with Crippen molar-refractivity contribution in [3.05, 3.63) is 35.1 Å². The molecule has 2 N–H and O–H groups in total. The minimum Gasteiger partial charge on any atom is -0.330 e. The van der Waals surface area contributed by atoms with Gasteiger partial charge in [-0.1, -0.05) is 32.3 Å². The molecule has 0 saturated heterocycles. The number of halogens is 1. The maximum absolute atomic E-state index is 13.2. The molecule has 118 valence electrons. The van der Waals surface area contributed by atoms with Crippen LogP contribution in [-0.2, 0) is 6.42 Å². The van der Waals surface area contributed by atoms with Gasteiger partial charge in [0.1, 0.15) is 5.82 Å². The molecule has 2 rings (SSSR count). The molecule has 0 amide bonds. The molecule has 0 bridgehead atoms. The van der Waals surface area contributed by atoms with Crippen LogP contribution in [0.15, 0.2) is 18.2 Å². The molecule has 1 aromatic rings. The van der Waals surface area contributed by atoms with Gasteiger partial charge in [-0.15, -0.1) is 0 Å². The highest BCUT2D eigenvalue weighted by molar-refractivity contribution is 5.28. The van der Waals surface area contributed by atoms with Crippen LogP contribution < -0.4 is 5.73 Å². The zero-order valence-electron chi connectivity index (χ0n) is 13.6. The fourth-order valence-corrected chi connectivity index (χ4v) is 3.79. The zero-order valence-corrected chi connectivity index (χ0v) is 13.6. The van der Waals surface area contributed by atoms with E-state index >= 15 is 0 Å². The van der Waals surface area contributed by atoms with Crippen molar-refractivity contribution in [3.63, 3.8) is 0 Å². The van der Waals surface area contributed by atoms with Crippen LogP contribution in [0.4, 0.5) is 4.39 Å². The van der Waals surface area contributed by atoms with Gasteiger partial charge in [0.05, 0.1) is 0 Å². The maximum Gasteiger partial charge on any atom is 0.123 e. The molecule has 0 unspecified atom stereocenters. The van der Waals surface area contributed by atoms with E-state index in [-0.39, 0.29) is 11.2 Å². The van der Waals surface area contributed by atoms with Crippen molar-refractivity contribution in [2.24, 2.45) is 17.1 Å². The molecule has 1 aromatic carbocycles. The second-order valence-electron chi connectivity index (χ2n) is 7.04. The first kappa shape index (κ1) is 16.5. The Bertz CT molecular complexity index is 447. The minimum absolute atomic E-state index is 0.138. The summed E-state index contributed by atoms with van der Waals surface area (Å²) < 4.78 is 13.2. The molecule has 0 aromatic heterocycles. The second-order valence-corrected chi connectivity index (χ2v) is 7.04. The number of hydrogen-bond donors (Lipinski definition) is 1. The molecule has 0 atom stereocenters. The lowest BCUT2D eigenvalue weighted by Crippen LogP contribution is -2.37. The van der Waals surface area contributed by atoms with Crippen LogP contribution in [0.1, 0.15) is 63.0 Å². The molecule has 2 heteroatoms. The van der Waals surface area contributed by atoms with Crippen LogP contribution in [0.25, 0.3) is 0 Å². The van der Waals surface area contributed by atoms with Gasteiger partial charge in [0.2, 0.25) is 0 Å². The monoisotopic (exact) mass is 291 g/mol. The largest absolute Gasteiger partial charge is 0.330 e. The Hall–Kier alpha value is -0.890. The first-order chi connectivity index (χ1) is 10.1. The first-order valence-electron chi connectivity index (χ1n) is 8.53. The van der Waals surface area contributed by atoms with E-state index in [1.165, 1.54) is 50.5 Å². The second kappa shape index (κ2) is 7.40. The maximum atomic E-state index is 13.2. The highest BCUT2D eigenvalue weighted by Crippen LogP contribution is 2.42. The minimum atomic E-state index is -0.138. The number of nitrogens with two attached hydrogens (primary N) is 1. The van der Waals surface area contributed by atoms with Crippen LogP contribution in [-0.4, -0.2) is 6.54 Å². The number of unbranched alkanes of at least 4 members (excludes halogenated alkanes) is 1. The van der Waals surface area contributed by atoms with Crippen molar-refractivity contribution in [3.8, 4) is 0 Å². The smallest absolute Gasteiger partial charge is 0.123 e. The van der Waals surface area contributed by atoms with Gasteiger partial charge in [0.15, 0.2) is 0 Å². The van der Waals surface area contributed by atoms with E-state index in [0.29, 0.717) is 0 Å². The number of hydrogen-bond acceptors (Lipinski definition) is 1. The third-order valence-corrected chi connectivity index (χ3v) is 5.43. The highest BCUT2D eigenvalue weighted by atomic mass is 19.1. The quantitative estimate of drug-likeness (QED) is 0.784. The normalized spacial score (nSPS) is 26.0. The van der Waals surface area contributed by atoms with Gasteiger partial charge in [-0.2, -0.15) is 0 Å².